The van der Waals surface area contributed by atoms with E-state index in [1.807, 2.05) is 0 Å². The number of rotatable bonds is 6. The van der Waals surface area contributed by atoms with Gasteiger partial charge >= 0.3 is 0 Å². The van der Waals surface area contributed by atoms with Gasteiger partial charge in [0.15, 0.2) is 11.5 Å². The first-order chi connectivity index (χ1) is 11.9. The summed E-state index contributed by atoms with van der Waals surface area (Å²) in [6.45, 7) is -0.577. The molecule has 0 aromatic heterocycles. The molecule has 0 spiro atoms. The minimum absolute atomic E-state index is 0.144. The third-order valence-corrected chi connectivity index (χ3v) is 3.67. The van der Waals surface area contributed by atoms with Crippen molar-refractivity contribution < 1.29 is 39.6 Å². The normalized spacial score (nSPS) is 29.6. The number of ether oxygens (including phenoxy) is 3. The molecule has 138 valence electrons. The molecule has 1 saturated heterocycles. The van der Waals surface area contributed by atoms with E-state index in [0.29, 0.717) is 5.56 Å². The average molecular weight is 357 g/mol. The minimum atomic E-state index is -1.57. The molecule has 1 aromatic rings. The van der Waals surface area contributed by atoms with Crippen LogP contribution in [-0.2, 0) is 4.74 Å². The van der Waals surface area contributed by atoms with Crippen LogP contribution in [0.2, 0.25) is 0 Å². The summed E-state index contributed by atoms with van der Waals surface area (Å²) in [4.78, 5) is 9.76. The molecule has 5 unspecified atom stereocenters. The maximum atomic E-state index is 10.4. The number of aliphatic hydroxyl groups is 4. The lowest BCUT2D eigenvalue weighted by atomic mass is 9.99. The Balaban J connectivity index is 2.19. The molecule has 0 amide bonds. The van der Waals surface area contributed by atoms with Gasteiger partial charge in [0.05, 0.1) is 18.6 Å². The number of aliphatic hydroxyl groups excluding tert-OH is 4. The number of hydrogen-bond acceptors (Lipinski definition) is 9. The van der Waals surface area contributed by atoms with Crippen molar-refractivity contribution >= 4 is 6.08 Å². The lowest BCUT2D eigenvalue weighted by Crippen LogP contribution is -2.60. The summed E-state index contributed by atoms with van der Waals surface area (Å²) >= 11 is 0. The molecule has 4 N–H and O–H groups in total. The Bertz CT molecular complexity index is 633. The van der Waals surface area contributed by atoms with Gasteiger partial charge in [0.25, 0.3) is 0 Å². The number of methoxy groups -OCH3 is 1. The summed E-state index contributed by atoms with van der Waals surface area (Å²) in [5, 5.41) is 49.0. The predicted octanol–water partition coefficient (Wildman–Crippen LogP) is -0.879. The molecular formula is C15H19NO9. The van der Waals surface area contributed by atoms with E-state index in [1.54, 1.807) is 0 Å². The second kappa shape index (κ2) is 8.23. The van der Waals surface area contributed by atoms with Crippen LogP contribution >= 0.6 is 0 Å². The maximum absolute atomic E-state index is 10.4. The smallest absolute Gasteiger partial charge is 0.235 e. The number of nitrogens with zero attached hydrogens (tertiary/aromatic N) is 1. The van der Waals surface area contributed by atoms with Crippen LogP contribution in [0.4, 0.5) is 0 Å². The summed E-state index contributed by atoms with van der Waals surface area (Å²) in [7, 11) is 1.36. The van der Waals surface area contributed by atoms with Crippen molar-refractivity contribution in [2.75, 3.05) is 13.7 Å². The van der Waals surface area contributed by atoms with Gasteiger partial charge in [-0.1, -0.05) is 6.07 Å². The highest BCUT2D eigenvalue weighted by Gasteiger charge is 2.44. The molecule has 1 aromatic carbocycles. The quantitative estimate of drug-likeness (QED) is 0.376. The Kier molecular flexibility index (Phi) is 6.28. The summed E-state index contributed by atoms with van der Waals surface area (Å²) < 4.78 is 15.9. The average Bonchev–Trinajstić information content (AvgIpc) is 2.60. The van der Waals surface area contributed by atoms with E-state index in [0.717, 1.165) is 6.20 Å². The van der Waals surface area contributed by atoms with E-state index in [-0.39, 0.29) is 11.5 Å². The van der Waals surface area contributed by atoms with Crippen molar-refractivity contribution in [1.82, 2.24) is 0 Å². The van der Waals surface area contributed by atoms with Crippen molar-refractivity contribution in [2.24, 2.45) is 0 Å². The molecule has 1 aliphatic heterocycles. The molecule has 0 radical (unpaired) electrons. The van der Waals surface area contributed by atoms with Crippen molar-refractivity contribution in [1.29, 1.82) is 0 Å². The Morgan fingerprint density at radius 3 is 2.56 bits per heavy atom. The topological polar surface area (TPSA) is 152 Å². The van der Waals surface area contributed by atoms with E-state index in [4.69, 9.17) is 19.3 Å². The molecule has 10 nitrogen and oxygen atoms in total. The monoisotopic (exact) mass is 357 g/mol. The minimum Gasteiger partial charge on any atom is -0.493 e. The van der Waals surface area contributed by atoms with Crippen LogP contribution in [0.15, 0.2) is 24.4 Å². The highest BCUT2D eigenvalue weighted by atomic mass is 16.7. The standard InChI is InChI=1S/C15H19NO9/c1-23-10-6-8(4-5-16(21)22)2-3-9(10)24-15-14(20)13(19)12(18)11(7-17)25-15/h2-6,11-15,17-20H,7H2,1H3/b5-4+. The number of nitro groups is 1. The zero-order chi connectivity index (χ0) is 18.6. The Labute approximate surface area is 142 Å². The molecule has 5 atom stereocenters. The second-order valence-corrected chi connectivity index (χ2v) is 5.33. The van der Waals surface area contributed by atoms with E-state index < -0.39 is 42.2 Å². The highest BCUT2D eigenvalue weighted by Crippen LogP contribution is 2.32. The van der Waals surface area contributed by atoms with Crippen LogP contribution in [0.25, 0.3) is 6.08 Å². The van der Waals surface area contributed by atoms with E-state index in [1.165, 1.54) is 31.4 Å². The van der Waals surface area contributed by atoms with Crippen LogP contribution < -0.4 is 9.47 Å². The van der Waals surface area contributed by atoms with Crippen LogP contribution in [0.5, 0.6) is 11.5 Å². The van der Waals surface area contributed by atoms with Gasteiger partial charge in [-0.25, -0.2) is 0 Å². The van der Waals surface area contributed by atoms with Gasteiger partial charge in [-0.05, 0) is 17.7 Å². The predicted molar refractivity (Wildman–Crippen MR) is 83.4 cm³/mol. The van der Waals surface area contributed by atoms with Gasteiger partial charge in [0.2, 0.25) is 12.5 Å². The van der Waals surface area contributed by atoms with E-state index in [9.17, 15) is 25.4 Å². The van der Waals surface area contributed by atoms with Crippen LogP contribution in [0.3, 0.4) is 0 Å². The molecule has 0 saturated carbocycles. The molecule has 1 heterocycles. The van der Waals surface area contributed by atoms with Crippen LogP contribution in [0, 0.1) is 10.1 Å². The SMILES string of the molecule is COc1cc(/C=C/[N+](=O)[O-])ccc1OC1OC(CO)C(O)C(O)C1O. The summed E-state index contributed by atoms with van der Waals surface area (Å²) in [6.07, 6.45) is -5.04. The van der Waals surface area contributed by atoms with Crippen molar-refractivity contribution in [3.8, 4) is 11.5 Å². The van der Waals surface area contributed by atoms with Crippen molar-refractivity contribution in [3.63, 3.8) is 0 Å². The second-order valence-electron chi connectivity index (χ2n) is 5.33. The molecular weight excluding hydrogens is 338 g/mol. The zero-order valence-electron chi connectivity index (χ0n) is 13.3. The van der Waals surface area contributed by atoms with Crippen molar-refractivity contribution in [2.45, 2.75) is 30.7 Å². The Morgan fingerprint density at radius 1 is 1.24 bits per heavy atom. The largest absolute Gasteiger partial charge is 0.493 e. The van der Waals surface area contributed by atoms with Gasteiger partial charge in [-0.15, -0.1) is 0 Å². The van der Waals surface area contributed by atoms with E-state index in [2.05, 4.69) is 0 Å². The van der Waals surface area contributed by atoms with Gasteiger partial charge in [0, 0.05) is 6.08 Å². The lowest BCUT2D eigenvalue weighted by molar-refractivity contribution is -0.400. The molecule has 2 rings (SSSR count). The number of benzene rings is 1. The van der Waals surface area contributed by atoms with Gasteiger partial charge in [-0.2, -0.15) is 0 Å². The molecule has 0 aliphatic carbocycles. The van der Waals surface area contributed by atoms with E-state index >= 15 is 0 Å². The van der Waals surface area contributed by atoms with Crippen LogP contribution in [0.1, 0.15) is 5.56 Å². The fourth-order valence-corrected chi connectivity index (χ4v) is 2.32. The highest BCUT2D eigenvalue weighted by molar-refractivity contribution is 5.55. The van der Waals surface area contributed by atoms with Gasteiger partial charge < -0.3 is 34.6 Å². The number of hydrogen-bond donors (Lipinski definition) is 4. The Hall–Kier alpha value is -2.24. The summed E-state index contributed by atoms with van der Waals surface area (Å²) in [6, 6.07) is 4.43. The molecule has 0 bridgehead atoms. The third kappa shape index (κ3) is 4.44. The Morgan fingerprint density at radius 2 is 1.96 bits per heavy atom. The third-order valence-electron chi connectivity index (χ3n) is 3.67. The fourth-order valence-electron chi connectivity index (χ4n) is 2.32. The first-order valence-corrected chi connectivity index (χ1v) is 7.34. The summed E-state index contributed by atoms with van der Waals surface area (Å²) in [5.41, 5.74) is 0.481. The zero-order valence-corrected chi connectivity index (χ0v) is 13.3. The first kappa shape index (κ1) is 19.1. The summed E-state index contributed by atoms with van der Waals surface area (Å²) in [5.74, 6) is 0.354. The maximum Gasteiger partial charge on any atom is 0.235 e. The molecule has 10 heteroatoms. The molecule has 1 aliphatic rings. The first-order valence-electron chi connectivity index (χ1n) is 7.34. The van der Waals surface area contributed by atoms with Gasteiger partial charge in [0.1, 0.15) is 24.4 Å². The molecule has 25 heavy (non-hydrogen) atoms. The lowest BCUT2D eigenvalue weighted by Gasteiger charge is -2.39. The molecule has 1 fully saturated rings. The van der Waals surface area contributed by atoms with Gasteiger partial charge in [-0.3, -0.25) is 10.1 Å². The van der Waals surface area contributed by atoms with Crippen LogP contribution in [-0.4, -0.2) is 69.8 Å². The fraction of sp³-hybridized carbons (Fsp3) is 0.467. The van der Waals surface area contributed by atoms with Crippen molar-refractivity contribution in [3.05, 3.63) is 40.1 Å².